The smallest absolute Gasteiger partial charge is 0.450 e. The van der Waals surface area contributed by atoms with Crippen LogP contribution in [0.4, 0.5) is 15.3 Å². The molecule has 0 saturated carbocycles. The Bertz CT molecular complexity index is 1510. The first-order chi connectivity index (χ1) is 26.3. The summed E-state index contributed by atoms with van der Waals surface area (Å²) in [5.74, 6) is 4.57. The molecule has 55 heavy (non-hydrogen) atoms. The average molecular weight is 784 g/mol. The molecule has 0 spiro atoms. The summed E-state index contributed by atoms with van der Waals surface area (Å²) in [4.78, 5) is 69.9. The molecule has 5 amide bonds. The second kappa shape index (κ2) is 28.6. The molecule has 0 bridgehead atoms. The van der Waals surface area contributed by atoms with Gasteiger partial charge in [-0.15, -0.1) is 0 Å². The normalized spacial score (nSPS) is 11.6. The number of ether oxygens (including phenoxy) is 1. The molecule has 304 valence electrons. The fourth-order valence-electron chi connectivity index (χ4n) is 4.95. The molecule has 0 aliphatic heterocycles. The van der Waals surface area contributed by atoms with E-state index >= 15 is 0 Å². The predicted molar refractivity (Wildman–Crippen MR) is 216 cm³/mol. The maximum Gasteiger partial charge on any atom is 0.506 e. The highest BCUT2D eigenvalue weighted by molar-refractivity contribution is 7.99. The molecule has 2 atom stereocenters. The Kier molecular flexibility index (Phi) is 25.0. The van der Waals surface area contributed by atoms with Crippen molar-refractivity contribution < 1.29 is 33.8 Å². The number of unbranched alkanes of at least 4 members (excludes halogenated alkanes) is 4. The molecule has 14 nitrogen and oxygen atoms in total. The highest BCUT2D eigenvalue weighted by Gasteiger charge is 2.28. The summed E-state index contributed by atoms with van der Waals surface area (Å²) in [5.41, 5.74) is 6.87. The van der Waals surface area contributed by atoms with Crippen LogP contribution in [-0.4, -0.2) is 68.9 Å². The number of hydrogen-bond acceptors (Lipinski definition) is 9. The highest BCUT2D eigenvalue weighted by Crippen LogP contribution is 2.23. The van der Waals surface area contributed by atoms with E-state index in [1.54, 1.807) is 62.3 Å². The Morgan fingerprint density at radius 2 is 1.55 bits per heavy atom. The van der Waals surface area contributed by atoms with E-state index < -0.39 is 36.1 Å². The van der Waals surface area contributed by atoms with Crippen LogP contribution in [0, 0.1) is 17.8 Å². The maximum absolute atomic E-state index is 13.4. The van der Waals surface area contributed by atoms with E-state index in [-0.39, 0.29) is 37.8 Å². The van der Waals surface area contributed by atoms with Gasteiger partial charge in [0, 0.05) is 42.7 Å². The number of urea groups is 1. The fourth-order valence-corrected chi connectivity index (χ4v) is 5.81. The summed E-state index contributed by atoms with van der Waals surface area (Å²) >= 11 is 1.67. The van der Waals surface area contributed by atoms with Crippen molar-refractivity contribution in [1.82, 2.24) is 25.9 Å². The molecule has 0 aliphatic rings. The van der Waals surface area contributed by atoms with Crippen LogP contribution in [0.3, 0.4) is 0 Å². The first-order valence-corrected chi connectivity index (χ1v) is 20.1. The molecule has 0 saturated heterocycles. The number of carbonyl (C=O) groups is 5. The number of nitrogens with two attached hydrogens (primary N) is 1. The van der Waals surface area contributed by atoms with Gasteiger partial charge >= 0.3 is 12.2 Å². The molecule has 1 heterocycles. The van der Waals surface area contributed by atoms with Crippen LogP contribution in [-0.2, 0) is 25.7 Å². The SMILES string of the molecule is CCC(CC)Sc1ncc(C#CCCCCC(=O)NC(C(=O)NC(CCCNC(N)=O)C(=O)Nc2ccc(COC(=O)O)cc2)C(C)C)cn1.CCCCC. The number of rotatable bonds is 22. The number of carboxylic acid groups (broad SMARTS) is 1. The second-order valence-electron chi connectivity index (χ2n) is 13.2. The lowest BCUT2D eigenvalue weighted by Crippen LogP contribution is -2.54. The Hall–Kier alpha value is -4.84. The minimum Gasteiger partial charge on any atom is -0.450 e. The van der Waals surface area contributed by atoms with E-state index in [0.717, 1.165) is 23.6 Å². The van der Waals surface area contributed by atoms with E-state index in [4.69, 9.17) is 10.8 Å². The summed E-state index contributed by atoms with van der Waals surface area (Å²) in [5, 5.41) is 20.7. The zero-order valence-corrected chi connectivity index (χ0v) is 34.1. The van der Waals surface area contributed by atoms with Crippen LogP contribution in [0.5, 0.6) is 0 Å². The van der Waals surface area contributed by atoms with Crippen molar-refractivity contribution >= 4 is 47.4 Å². The molecule has 1 aromatic heterocycles. The van der Waals surface area contributed by atoms with Crippen molar-refractivity contribution in [2.24, 2.45) is 11.7 Å². The van der Waals surface area contributed by atoms with E-state index in [9.17, 15) is 24.0 Å². The number of amides is 5. The third-order valence-corrected chi connectivity index (χ3v) is 9.58. The number of primary amides is 1. The van der Waals surface area contributed by atoms with Crippen LogP contribution >= 0.6 is 11.8 Å². The van der Waals surface area contributed by atoms with Gasteiger partial charge < -0.3 is 36.8 Å². The molecular weight excluding hydrogens is 723 g/mol. The van der Waals surface area contributed by atoms with Crippen molar-refractivity contribution in [1.29, 1.82) is 0 Å². The molecule has 15 heteroatoms. The largest absolute Gasteiger partial charge is 0.506 e. The minimum atomic E-state index is -1.40. The van der Waals surface area contributed by atoms with Crippen LogP contribution in [0.2, 0.25) is 0 Å². The number of anilines is 1. The van der Waals surface area contributed by atoms with Crippen molar-refractivity contribution in [3.8, 4) is 11.8 Å². The topological polar surface area (TPSA) is 215 Å². The Balaban J connectivity index is 0.00000283. The molecular formula is C40H61N7O7S. The summed E-state index contributed by atoms with van der Waals surface area (Å²) in [6.07, 6.45) is 10.8. The lowest BCUT2D eigenvalue weighted by Gasteiger charge is -2.25. The highest BCUT2D eigenvalue weighted by atomic mass is 32.2. The fraction of sp³-hybridized carbons (Fsp3) is 0.575. The summed E-state index contributed by atoms with van der Waals surface area (Å²) < 4.78 is 4.54. The Morgan fingerprint density at radius 3 is 2.09 bits per heavy atom. The first kappa shape index (κ1) is 48.2. The van der Waals surface area contributed by atoms with Gasteiger partial charge in [0.1, 0.15) is 18.7 Å². The molecule has 0 radical (unpaired) electrons. The van der Waals surface area contributed by atoms with Gasteiger partial charge in [-0.3, -0.25) is 14.4 Å². The number of hydrogen-bond donors (Lipinski definition) is 6. The van der Waals surface area contributed by atoms with Crippen LogP contribution < -0.4 is 27.0 Å². The van der Waals surface area contributed by atoms with Crippen LogP contribution in [0.15, 0.2) is 41.8 Å². The van der Waals surface area contributed by atoms with Crippen molar-refractivity contribution in [2.45, 2.75) is 141 Å². The lowest BCUT2D eigenvalue weighted by molar-refractivity contribution is -0.132. The molecule has 2 rings (SSSR count). The molecule has 2 aromatic rings. The van der Waals surface area contributed by atoms with Gasteiger partial charge in [-0.1, -0.05) is 96.5 Å². The Labute approximate surface area is 330 Å². The van der Waals surface area contributed by atoms with Gasteiger partial charge in [0.15, 0.2) is 5.16 Å². The third-order valence-electron chi connectivity index (χ3n) is 8.16. The molecule has 2 unspecified atom stereocenters. The predicted octanol–water partition coefficient (Wildman–Crippen LogP) is 6.77. The number of benzene rings is 1. The van der Waals surface area contributed by atoms with Crippen molar-refractivity contribution in [3.05, 3.63) is 47.8 Å². The van der Waals surface area contributed by atoms with Crippen LogP contribution in [0.1, 0.15) is 123 Å². The zero-order valence-electron chi connectivity index (χ0n) is 33.2. The molecule has 0 fully saturated rings. The number of carbonyl (C=O) groups excluding carboxylic acids is 4. The van der Waals surface area contributed by atoms with E-state index in [0.29, 0.717) is 42.2 Å². The third kappa shape index (κ3) is 22.2. The average Bonchev–Trinajstić information content (AvgIpc) is 3.15. The minimum absolute atomic E-state index is 0.144. The number of nitrogens with zero attached hydrogens (tertiary/aromatic N) is 2. The van der Waals surface area contributed by atoms with Crippen molar-refractivity contribution in [3.63, 3.8) is 0 Å². The summed E-state index contributed by atoms with van der Waals surface area (Å²) in [7, 11) is 0. The molecule has 1 aromatic carbocycles. The van der Waals surface area contributed by atoms with Gasteiger partial charge in [0.05, 0.1) is 5.56 Å². The van der Waals surface area contributed by atoms with Crippen molar-refractivity contribution in [2.75, 3.05) is 11.9 Å². The van der Waals surface area contributed by atoms with E-state index in [2.05, 4.69) is 75.5 Å². The monoisotopic (exact) mass is 783 g/mol. The van der Waals surface area contributed by atoms with Crippen LogP contribution in [0.25, 0.3) is 0 Å². The summed E-state index contributed by atoms with van der Waals surface area (Å²) in [6.45, 7) is 12.4. The maximum atomic E-state index is 13.4. The molecule has 0 aliphatic carbocycles. The Morgan fingerprint density at radius 1 is 0.891 bits per heavy atom. The molecule has 7 N–H and O–H groups in total. The summed E-state index contributed by atoms with van der Waals surface area (Å²) in [6, 6.07) is 3.77. The second-order valence-corrected chi connectivity index (χ2v) is 14.5. The van der Waals surface area contributed by atoms with E-state index in [1.165, 1.54) is 19.3 Å². The number of nitrogens with one attached hydrogen (secondary N) is 4. The van der Waals surface area contributed by atoms with Gasteiger partial charge in [0.25, 0.3) is 0 Å². The first-order valence-electron chi connectivity index (χ1n) is 19.2. The van der Waals surface area contributed by atoms with Gasteiger partial charge in [-0.05, 0) is 62.1 Å². The standard InChI is InChI=1S/C35H49N7O7S.C5H12/c1-5-27(6-2)50-34-38-20-25(21-39-34)12-9-7-8-10-14-29(43)42-30(23(3)4)32(45)41-28(13-11-19-37-33(36)46)31(44)40-26-17-15-24(16-18-26)22-49-35(47)48;1-3-5-4-2/h15-18,20-21,23,27-28,30H,5-8,10-11,13-14,19,22H2,1-4H3,(H,40,44)(H,41,45)(H,42,43)(H,47,48)(H3,36,37,46);3-5H2,1-2H3. The number of thioether (sulfide) groups is 1. The van der Waals surface area contributed by atoms with Gasteiger partial charge in [0.2, 0.25) is 17.7 Å². The van der Waals surface area contributed by atoms with Gasteiger partial charge in [-0.25, -0.2) is 19.6 Å². The quantitative estimate of drug-likeness (QED) is 0.0242. The zero-order chi connectivity index (χ0) is 41.0. The lowest BCUT2D eigenvalue weighted by atomic mass is 10.0. The number of aromatic nitrogens is 2. The van der Waals surface area contributed by atoms with Gasteiger partial charge in [-0.2, -0.15) is 0 Å². The van der Waals surface area contributed by atoms with E-state index in [1.807, 2.05) is 0 Å².